The number of nitrogens with one attached hydrogen (secondary N) is 3. The summed E-state index contributed by atoms with van der Waals surface area (Å²) in [5.41, 5.74) is -1.04. The number of aryl methyl sites for hydroxylation is 1. The summed E-state index contributed by atoms with van der Waals surface area (Å²) in [5.74, 6) is 2.58. The number of likely N-dealkylation sites (tertiary alicyclic amines) is 1. The zero-order valence-corrected chi connectivity index (χ0v) is 19.6. The van der Waals surface area contributed by atoms with Crippen LogP contribution in [0.5, 0.6) is 0 Å². The molecular weight excluding hydrogens is 382 g/mol. The standard InChI is InChI=1S/C22H39N5O3/c1-16-10-11-18(29-16)17(27-12-8-9-13-27)14-24-19(23-7)25-15-22(5,6)26-20(28)30-21(2,3)4/h10-11,17H,8-9,12-15H2,1-7H3,(H,26,28)(H2,23,24,25). The Labute approximate surface area is 180 Å². The van der Waals surface area contributed by atoms with E-state index in [4.69, 9.17) is 9.15 Å². The summed E-state index contributed by atoms with van der Waals surface area (Å²) >= 11 is 0. The van der Waals surface area contributed by atoms with Gasteiger partial charge in [0, 0.05) is 20.1 Å². The highest BCUT2D eigenvalue weighted by molar-refractivity contribution is 5.80. The molecule has 8 heteroatoms. The molecule has 2 heterocycles. The Bertz CT molecular complexity index is 715. The number of aliphatic imine (C=N–C) groups is 1. The van der Waals surface area contributed by atoms with E-state index in [0.717, 1.165) is 24.6 Å². The Morgan fingerprint density at radius 2 is 1.87 bits per heavy atom. The Kier molecular flexibility index (Phi) is 8.18. The highest BCUT2D eigenvalue weighted by Crippen LogP contribution is 2.26. The first kappa shape index (κ1) is 24.1. The number of nitrogens with zero attached hydrogens (tertiary/aromatic N) is 2. The van der Waals surface area contributed by atoms with E-state index in [1.165, 1.54) is 12.8 Å². The quantitative estimate of drug-likeness (QED) is 0.463. The molecule has 1 aromatic heterocycles. The summed E-state index contributed by atoms with van der Waals surface area (Å²) in [7, 11) is 1.74. The van der Waals surface area contributed by atoms with Crippen LogP contribution < -0.4 is 16.0 Å². The largest absolute Gasteiger partial charge is 0.465 e. The molecule has 1 saturated heterocycles. The average Bonchev–Trinajstić information content (AvgIpc) is 3.28. The van der Waals surface area contributed by atoms with Crippen LogP contribution in [0.4, 0.5) is 4.79 Å². The lowest BCUT2D eigenvalue weighted by molar-refractivity contribution is 0.0474. The minimum absolute atomic E-state index is 0.160. The zero-order chi connectivity index (χ0) is 22.4. The van der Waals surface area contributed by atoms with Crippen LogP contribution in [0, 0.1) is 6.92 Å². The molecule has 3 N–H and O–H groups in total. The lowest BCUT2D eigenvalue weighted by atomic mass is 10.1. The van der Waals surface area contributed by atoms with Crippen molar-refractivity contribution in [1.82, 2.24) is 20.9 Å². The molecule has 1 aliphatic heterocycles. The van der Waals surface area contributed by atoms with Crippen molar-refractivity contribution in [1.29, 1.82) is 0 Å². The number of hydrogen-bond donors (Lipinski definition) is 3. The van der Waals surface area contributed by atoms with Gasteiger partial charge in [0.05, 0.1) is 11.6 Å². The normalized spacial score (nSPS) is 17.0. The van der Waals surface area contributed by atoms with E-state index in [1.54, 1.807) is 7.05 Å². The number of hydrogen-bond acceptors (Lipinski definition) is 5. The summed E-state index contributed by atoms with van der Waals surface area (Å²) in [6, 6.07) is 4.23. The van der Waals surface area contributed by atoms with Crippen molar-refractivity contribution in [3.63, 3.8) is 0 Å². The van der Waals surface area contributed by atoms with E-state index >= 15 is 0 Å². The minimum Gasteiger partial charge on any atom is -0.465 e. The van der Waals surface area contributed by atoms with Gasteiger partial charge in [-0.15, -0.1) is 0 Å². The number of rotatable bonds is 7. The van der Waals surface area contributed by atoms with Gasteiger partial charge in [0.25, 0.3) is 0 Å². The lowest BCUT2D eigenvalue weighted by Crippen LogP contribution is -2.54. The first-order chi connectivity index (χ1) is 14.0. The molecule has 0 spiro atoms. The number of ether oxygens (including phenoxy) is 1. The fourth-order valence-corrected chi connectivity index (χ4v) is 3.44. The van der Waals surface area contributed by atoms with Crippen molar-refractivity contribution in [3.8, 4) is 0 Å². The third-order valence-electron chi connectivity index (χ3n) is 4.89. The molecule has 2 rings (SSSR count). The molecule has 170 valence electrons. The van der Waals surface area contributed by atoms with Gasteiger partial charge < -0.3 is 25.1 Å². The van der Waals surface area contributed by atoms with Crippen molar-refractivity contribution in [3.05, 3.63) is 23.7 Å². The Morgan fingerprint density at radius 3 is 2.40 bits per heavy atom. The van der Waals surface area contributed by atoms with Gasteiger partial charge in [-0.3, -0.25) is 9.89 Å². The lowest BCUT2D eigenvalue weighted by Gasteiger charge is -2.30. The molecule has 0 bridgehead atoms. The van der Waals surface area contributed by atoms with E-state index in [1.807, 2.05) is 47.6 Å². The maximum atomic E-state index is 12.1. The third kappa shape index (κ3) is 7.89. The second-order valence-corrected chi connectivity index (χ2v) is 9.52. The number of furan rings is 1. The number of carbonyl (C=O) groups is 1. The topological polar surface area (TPSA) is 91.1 Å². The molecule has 1 atom stereocenters. The van der Waals surface area contributed by atoms with E-state index in [-0.39, 0.29) is 6.04 Å². The van der Waals surface area contributed by atoms with Gasteiger partial charge in [0.2, 0.25) is 0 Å². The van der Waals surface area contributed by atoms with Crippen LogP contribution in [0.15, 0.2) is 21.5 Å². The molecule has 0 aromatic carbocycles. The summed E-state index contributed by atoms with van der Waals surface area (Å²) in [6.07, 6.45) is 2.00. The molecule has 0 saturated carbocycles. The van der Waals surface area contributed by atoms with Crippen LogP contribution in [0.1, 0.15) is 65.0 Å². The number of amides is 1. The third-order valence-corrected chi connectivity index (χ3v) is 4.89. The van der Waals surface area contributed by atoms with E-state index in [0.29, 0.717) is 19.0 Å². The predicted octanol–water partition coefficient (Wildman–Crippen LogP) is 3.19. The van der Waals surface area contributed by atoms with Gasteiger partial charge in [-0.25, -0.2) is 4.79 Å². The van der Waals surface area contributed by atoms with Gasteiger partial charge in [0.1, 0.15) is 17.1 Å². The van der Waals surface area contributed by atoms with Crippen molar-refractivity contribution < 1.29 is 13.9 Å². The molecule has 1 amide bonds. The molecule has 1 fully saturated rings. The number of alkyl carbamates (subject to hydrolysis) is 1. The molecule has 0 radical (unpaired) electrons. The SMILES string of the molecule is CN=C(NCC(c1ccc(C)o1)N1CCCC1)NCC(C)(C)NC(=O)OC(C)(C)C. The predicted molar refractivity (Wildman–Crippen MR) is 120 cm³/mol. The molecule has 1 aliphatic rings. The second kappa shape index (κ2) is 10.2. The van der Waals surface area contributed by atoms with E-state index in [2.05, 4.69) is 31.9 Å². The number of carbonyl (C=O) groups excluding carboxylic acids is 1. The first-order valence-corrected chi connectivity index (χ1v) is 10.8. The summed E-state index contributed by atoms with van der Waals surface area (Å²) in [5, 5.41) is 9.61. The van der Waals surface area contributed by atoms with Crippen LogP contribution in [0.2, 0.25) is 0 Å². The average molecular weight is 422 g/mol. The minimum atomic E-state index is -0.528. The highest BCUT2D eigenvalue weighted by Gasteiger charge is 2.27. The van der Waals surface area contributed by atoms with Gasteiger partial charge in [-0.05, 0) is 79.6 Å². The second-order valence-electron chi connectivity index (χ2n) is 9.52. The molecule has 8 nitrogen and oxygen atoms in total. The maximum absolute atomic E-state index is 12.1. The monoisotopic (exact) mass is 421 g/mol. The van der Waals surface area contributed by atoms with Crippen LogP contribution in [0.3, 0.4) is 0 Å². The molecule has 30 heavy (non-hydrogen) atoms. The van der Waals surface area contributed by atoms with E-state index in [9.17, 15) is 4.79 Å². The molecule has 1 aromatic rings. The van der Waals surface area contributed by atoms with Gasteiger partial charge in [-0.2, -0.15) is 0 Å². The van der Waals surface area contributed by atoms with Crippen LogP contribution in [-0.2, 0) is 4.74 Å². The first-order valence-electron chi connectivity index (χ1n) is 10.8. The van der Waals surface area contributed by atoms with Crippen LogP contribution >= 0.6 is 0 Å². The van der Waals surface area contributed by atoms with Crippen molar-refractivity contribution in [2.45, 2.75) is 71.6 Å². The van der Waals surface area contributed by atoms with Crippen LogP contribution in [0.25, 0.3) is 0 Å². The van der Waals surface area contributed by atoms with Crippen LogP contribution in [-0.4, -0.2) is 61.3 Å². The highest BCUT2D eigenvalue weighted by atomic mass is 16.6. The summed E-state index contributed by atoms with van der Waals surface area (Å²) in [6.45, 7) is 14.7. The smallest absolute Gasteiger partial charge is 0.408 e. The number of guanidine groups is 1. The summed E-state index contributed by atoms with van der Waals surface area (Å²) in [4.78, 5) is 18.9. The molecular formula is C22H39N5O3. The zero-order valence-electron chi connectivity index (χ0n) is 19.6. The van der Waals surface area contributed by atoms with Crippen molar-refractivity contribution >= 4 is 12.1 Å². The maximum Gasteiger partial charge on any atom is 0.408 e. The Morgan fingerprint density at radius 1 is 1.20 bits per heavy atom. The van der Waals surface area contributed by atoms with Crippen molar-refractivity contribution in [2.75, 3.05) is 33.2 Å². The molecule has 1 unspecified atom stereocenters. The van der Waals surface area contributed by atoms with Gasteiger partial charge >= 0.3 is 6.09 Å². The van der Waals surface area contributed by atoms with Crippen molar-refractivity contribution in [2.24, 2.45) is 4.99 Å². The van der Waals surface area contributed by atoms with Gasteiger partial charge in [0.15, 0.2) is 5.96 Å². The van der Waals surface area contributed by atoms with E-state index < -0.39 is 17.2 Å². The summed E-state index contributed by atoms with van der Waals surface area (Å²) < 4.78 is 11.3. The Hall–Kier alpha value is -2.22. The molecule has 0 aliphatic carbocycles. The Balaban J connectivity index is 1.90. The fourth-order valence-electron chi connectivity index (χ4n) is 3.44. The fraction of sp³-hybridized carbons (Fsp3) is 0.727. The van der Waals surface area contributed by atoms with Gasteiger partial charge in [-0.1, -0.05) is 0 Å².